The van der Waals surface area contributed by atoms with Gasteiger partial charge in [-0.3, -0.25) is 4.79 Å². The Morgan fingerprint density at radius 2 is 2.30 bits per heavy atom. The van der Waals surface area contributed by atoms with Crippen molar-refractivity contribution in [2.45, 2.75) is 13.8 Å². The van der Waals surface area contributed by atoms with Gasteiger partial charge in [-0.1, -0.05) is 13.0 Å². The average Bonchev–Trinajstić information content (AvgIpc) is 1.88. The van der Waals surface area contributed by atoms with Crippen LogP contribution in [0.4, 0.5) is 0 Å². The fraction of sp³-hybridized carbons (Fsp3) is 0.625. The summed E-state index contributed by atoms with van der Waals surface area (Å²) < 4.78 is 4.89. The van der Waals surface area contributed by atoms with Gasteiger partial charge in [0.1, 0.15) is 6.29 Å². The summed E-state index contributed by atoms with van der Waals surface area (Å²) in [5.41, 5.74) is 0.768. The third-order valence-corrected chi connectivity index (χ3v) is 1.16. The number of aldehydes is 1. The van der Waals surface area contributed by atoms with Crippen LogP contribution in [0.3, 0.4) is 0 Å². The summed E-state index contributed by atoms with van der Waals surface area (Å²) in [6, 6.07) is 0. The molecule has 0 heterocycles. The van der Waals surface area contributed by atoms with E-state index in [-0.39, 0.29) is 0 Å². The topological polar surface area (TPSA) is 26.3 Å². The number of hydrogen-bond donors (Lipinski definition) is 0. The molecule has 0 rings (SSSR count). The van der Waals surface area contributed by atoms with Gasteiger partial charge in [-0.15, -0.1) is 0 Å². The van der Waals surface area contributed by atoms with E-state index in [9.17, 15) is 4.79 Å². The fourth-order valence-electron chi connectivity index (χ4n) is 0.799. The Morgan fingerprint density at radius 3 is 2.70 bits per heavy atom. The zero-order valence-corrected chi connectivity index (χ0v) is 6.76. The molecule has 2 nitrogen and oxygen atoms in total. The van der Waals surface area contributed by atoms with Gasteiger partial charge in [-0.05, 0) is 18.4 Å². The molecule has 10 heavy (non-hydrogen) atoms. The fourth-order valence-corrected chi connectivity index (χ4v) is 0.799. The lowest BCUT2D eigenvalue weighted by Crippen LogP contribution is -2.00. The Balaban J connectivity index is 3.73. The van der Waals surface area contributed by atoms with Gasteiger partial charge in [0, 0.05) is 7.11 Å². The maximum absolute atomic E-state index is 10.1. The lowest BCUT2D eigenvalue weighted by molar-refractivity contribution is -0.104. The lowest BCUT2D eigenvalue weighted by atomic mass is 10.1. The van der Waals surface area contributed by atoms with E-state index in [1.54, 1.807) is 14.0 Å². The van der Waals surface area contributed by atoms with Gasteiger partial charge in [0.05, 0.1) is 6.61 Å². The molecular weight excluding hydrogens is 128 g/mol. The highest BCUT2D eigenvalue weighted by Gasteiger charge is 1.95. The first-order chi connectivity index (χ1) is 4.70. The van der Waals surface area contributed by atoms with Gasteiger partial charge in [-0.2, -0.15) is 0 Å². The van der Waals surface area contributed by atoms with Crippen LogP contribution < -0.4 is 0 Å². The predicted octanol–water partition coefficient (Wildman–Crippen LogP) is 1.41. The van der Waals surface area contributed by atoms with Crippen LogP contribution in [0.25, 0.3) is 0 Å². The summed E-state index contributed by atoms with van der Waals surface area (Å²) >= 11 is 0. The first-order valence-corrected chi connectivity index (χ1v) is 3.33. The van der Waals surface area contributed by atoms with Crippen molar-refractivity contribution in [1.82, 2.24) is 0 Å². The number of allylic oxidation sites excluding steroid dienone is 1. The molecule has 1 unspecified atom stereocenters. The second-order valence-corrected chi connectivity index (χ2v) is 2.46. The zero-order valence-electron chi connectivity index (χ0n) is 6.76. The highest BCUT2D eigenvalue weighted by molar-refractivity contribution is 5.72. The summed E-state index contributed by atoms with van der Waals surface area (Å²) in [5.74, 6) is 0.329. The lowest BCUT2D eigenvalue weighted by Gasteiger charge is -2.03. The van der Waals surface area contributed by atoms with Crippen molar-refractivity contribution in [2.75, 3.05) is 13.7 Å². The van der Waals surface area contributed by atoms with E-state index >= 15 is 0 Å². The number of methoxy groups -OCH3 is 1. The molecule has 0 aromatic heterocycles. The van der Waals surface area contributed by atoms with Crippen molar-refractivity contribution in [2.24, 2.45) is 5.92 Å². The standard InChI is InChI=1S/C8H14O2/c1-7(5-9)4-8(2)6-10-3/h4-5,8H,6H2,1-3H3/b7-4-. The molecule has 0 amide bonds. The van der Waals surface area contributed by atoms with Crippen LogP contribution in [-0.4, -0.2) is 20.0 Å². The molecule has 2 heteroatoms. The molecule has 0 aliphatic heterocycles. The Labute approximate surface area is 61.9 Å². The number of carbonyl (C=O) groups excluding carboxylic acids is 1. The maximum Gasteiger partial charge on any atom is 0.145 e. The molecule has 0 spiro atoms. The van der Waals surface area contributed by atoms with Crippen LogP contribution in [0.2, 0.25) is 0 Å². The monoisotopic (exact) mass is 142 g/mol. The summed E-state index contributed by atoms with van der Waals surface area (Å²) in [5, 5.41) is 0. The second-order valence-electron chi connectivity index (χ2n) is 2.46. The van der Waals surface area contributed by atoms with E-state index in [2.05, 4.69) is 0 Å². The van der Waals surface area contributed by atoms with E-state index < -0.39 is 0 Å². The van der Waals surface area contributed by atoms with Crippen molar-refractivity contribution in [1.29, 1.82) is 0 Å². The van der Waals surface area contributed by atoms with Gasteiger partial charge < -0.3 is 4.74 Å². The number of rotatable bonds is 4. The van der Waals surface area contributed by atoms with Crippen molar-refractivity contribution < 1.29 is 9.53 Å². The highest BCUT2D eigenvalue weighted by atomic mass is 16.5. The van der Waals surface area contributed by atoms with Gasteiger partial charge in [0.2, 0.25) is 0 Å². The third-order valence-electron chi connectivity index (χ3n) is 1.16. The van der Waals surface area contributed by atoms with Crippen molar-refractivity contribution >= 4 is 6.29 Å². The van der Waals surface area contributed by atoms with Crippen LogP contribution in [0.15, 0.2) is 11.6 Å². The van der Waals surface area contributed by atoms with Crippen LogP contribution >= 0.6 is 0 Å². The van der Waals surface area contributed by atoms with Crippen LogP contribution in [0, 0.1) is 5.92 Å². The van der Waals surface area contributed by atoms with E-state index in [4.69, 9.17) is 4.74 Å². The third kappa shape index (κ3) is 4.27. The van der Waals surface area contributed by atoms with Crippen LogP contribution in [0.5, 0.6) is 0 Å². The highest BCUT2D eigenvalue weighted by Crippen LogP contribution is 2.00. The van der Waals surface area contributed by atoms with Crippen molar-refractivity contribution in [3.8, 4) is 0 Å². The molecule has 0 aromatic carbocycles. The van der Waals surface area contributed by atoms with Gasteiger partial charge >= 0.3 is 0 Å². The molecule has 0 saturated heterocycles. The molecule has 0 saturated carbocycles. The predicted molar refractivity (Wildman–Crippen MR) is 40.9 cm³/mol. The second kappa shape index (κ2) is 5.18. The molecule has 0 bridgehead atoms. The summed E-state index contributed by atoms with van der Waals surface area (Å²) in [6.45, 7) is 4.47. The van der Waals surface area contributed by atoms with Crippen molar-refractivity contribution in [3.63, 3.8) is 0 Å². The van der Waals surface area contributed by atoms with Gasteiger partial charge in [-0.25, -0.2) is 0 Å². The summed E-state index contributed by atoms with van der Waals surface area (Å²) in [7, 11) is 1.65. The minimum atomic E-state index is 0.329. The van der Waals surface area contributed by atoms with Crippen LogP contribution in [-0.2, 0) is 9.53 Å². The number of ether oxygens (including phenoxy) is 1. The van der Waals surface area contributed by atoms with Gasteiger partial charge in [0.25, 0.3) is 0 Å². The smallest absolute Gasteiger partial charge is 0.145 e. The van der Waals surface area contributed by atoms with Crippen LogP contribution in [0.1, 0.15) is 13.8 Å². The summed E-state index contributed by atoms with van der Waals surface area (Å²) in [6.07, 6.45) is 2.75. The molecule has 0 aliphatic rings. The quantitative estimate of drug-likeness (QED) is 0.438. The Hall–Kier alpha value is -0.630. The minimum Gasteiger partial charge on any atom is -0.384 e. The normalized spacial score (nSPS) is 14.9. The van der Waals surface area contributed by atoms with Gasteiger partial charge in [0.15, 0.2) is 0 Å². The SMILES string of the molecule is COCC(C)/C=C(/C)C=O. The Morgan fingerprint density at radius 1 is 1.70 bits per heavy atom. The molecule has 58 valence electrons. The van der Waals surface area contributed by atoms with E-state index in [0.29, 0.717) is 12.5 Å². The first kappa shape index (κ1) is 9.37. The molecule has 0 radical (unpaired) electrons. The molecule has 0 aliphatic carbocycles. The largest absolute Gasteiger partial charge is 0.384 e. The molecule has 0 aromatic rings. The average molecular weight is 142 g/mol. The number of hydrogen-bond acceptors (Lipinski definition) is 2. The maximum atomic E-state index is 10.1. The van der Waals surface area contributed by atoms with Crippen molar-refractivity contribution in [3.05, 3.63) is 11.6 Å². The zero-order chi connectivity index (χ0) is 7.98. The Kier molecular flexibility index (Phi) is 4.85. The Bertz CT molecular complexity index is 127. The van der Waals surface area contributed by atoms with E-state index in [0.717, 1.165) is 11.9 Å². The molecule has 0 fully saturated rings. The first-order valence-electron chi connectivity index (χ1n) is 3.33. The number of carbonyl (C=O) groups is 1. The minimum absolute atomic E-state index is 0.329. The van der Waals surface area contributed by atoms with E-state index in [1.807, 2.05) is 13.0 Å². The summed E-state index contributed by atoms with van der Waals surface area (Å²) in [4.78, 5) is 10.1. The molecule has 0 N–H and O–H groups in total. The molecule has 1 atom stereocenters. The molecular formula is C8H14O2. The van der Waals surface area contributed by atoms with E-state index in [1.165, 1.54) is 0 Å².